The van der Waals surface area contributed by atoms with E-state index in [4.69, 9.17) is 10.5 Å². The van der Waals surface area contributed by atoms with E-state index in [-0.39, 0.29) is 0 Å². The van der Waals surface area contributed by atoms with Crippen LogP contribution in [-0.4, -0.2) is 17.1 Å². The Hall–Kier alpha value is -1.75. The number of nitrogens with zero attached hydrogens (tertiary/aromatic N) is 2. The van der Waals surface area contributed by atoms with E-state index in [2.05, 4.69) is 9.97 Å². The van der Waals surface area contributed by atoms with Gasteiger partial charge in [0.1, 0.15) is 10.8 Å². The van der Waals surface area contributed by atoms with Crippen LogP contribution in [-0.2, 0) is 0 Å². The van der Waals surface area contributed by atoms with Crippen LogP contribution in [0.1, 0.15) is 0 Å². The highest BCUT2D eigenvalue weighted by Crippen LogP contribution is 2.35. The van der Waals surface area contributed by atoms with E-state index in [1.165, 1.54) is 11.8 Å². The van der Waals surface area contributed by atoms with Crippen molar-refractivity contribution in [3.05, 3.63) is 36.7 Å². The molecule has 1 heterocycles. The molecule has 16 heavy (non-hydrogen) atoms. The number of nitrogen functional groups attached to an aromatic ring is 1. The Morgan fingerprint density at radius 1 is 1.19 bits per heavy atom. The van der Waals surface area contributed by atoms with Crippen LogP contribution in [0.15, 0.2) is 46.6 Å². The number of rotatable bonds is 3. The first-order valence-electron chi connectivity index (χ1n) is 4.68. The fraction of sp³-hybridized carbons (Fsp3) is 0.0909. The maximum atomic E-state index is 5.72. The molecule has 1 aromatic heterocycles. The maximum Gasteiger partial charge on any atom is 0.156 e. The van der Waals surface area contributed by atoms with Gasteiger partial charge in [0.25, 0.3) is 0 Å². The molecule has 0 aliphatic heterocycles. The molecule has 0 unspecified atom stereocenters. The molecule has 1 aromatic carbocycles. The molecule has 0 aliphatic rings. The summed E-state index contributed by atoms with van der Waals surface area (Å²) in [5.41, 5.74) is 5.72. The second-order valence-corrected chi connectivity index (χ2v) is 4.03. The standard InChI is InChI=1S/C11H11N3OS/c1-15-8-4-2-3-5-9(8)16-11-10(12)13-6-7-14-11/h2-7H,1H3,(H2,12,13). The summed E-state index contributed by atoms with van der Waals surface area (Å²) in [7, 11) is 1.64. The zero-order valence-corrected chi connectivity index (χ0v) is 9.57. The summed E-state index contributed by atoms with van der Waals surface area (Å²) >= 11 is 1.44. The lowest BCUT2D eigenvalue weighted by molar-refractivity contribution is 0.405. The molecule has 0 saturated heterocycles. The molecule has 2 N–H and O–H groups in total. The largest absolute Gasteiger partial charge is 0.496 e. The van der Waals surface area contributed by atoms with E-state index in [0.717, 1.165) is 10.6 Å². The van der Waals surface area contributed by atoms with Gasteiger partial charge in [-0.25, -0.2) is 9.97 Å². The lowest BCUT2D eigenvalue weighted by atomic mass is 10.3. The van der Waals surface area contributed by atoms with E-state index in [1.54, 1.807) is 19.5 Å². The Morgan fingerprint density at radius 3 is 2.69 bits per heavy atom. The maximum absolute atomic E-state index is 5.72. The first-order chi connectivity index (χ1) is 7.81. The third-order valence-electron chi connectivity index (χ3n) is 1.97. The summed E-state index contributed by atoms with van der Waals surface area (Å²) in [6.45, 7) is 0. The quantitative estimate of drug-likeness (QED) is 0.880. The highest BCUT2D eigenvalue weighted by atomic mass is 32.2. The number of aromatic nitrogens is 2. The van der Waals surface area contributed by atoms with Gasteiger partial charge in [0.15, 0.2) is 5.82 Å². The predicted molar refractivity (Wildman–Crippen MR) is 63.6 cm³/mol. The molecule has 2 aromatic rings. The Kier molecular flexibility index (Phi) is 3.26. The van der Waals surface area contributed by atoms with Crippen molar-refractivity contribution in [1.29, 1.82) is 0 Å². The molecule has 5 heteroatoms. The highest BCUT2D eigenvalue weighted by Gasteiger charge is 2.07. The monoisotopic (exact) mass is 233 g/mol. The van der Waals surface area contributed by atoms with E-state index in [1.807, 2.05) is 24.3 Å². The van der Waals surface area contributed by atoms with Crippen LogP contribution < -0.4 is 10.5 Å². The van der Waals surface area contributed by atoms with Crippen molar-refractivity contribution < 1.29 is 4.74 Å². The van der Waals surface area contributed by atoms with Crippen LogP contribution in [0.5, 0.6) is 5.75 Å². The third-order valence-corrected chi connectivity index (χ3v) is 3.03. The molecular formula is C11H11N3OS. The number of ether oxygens (including phenoxy) is 1. The number of anilines is 1. The first-order valence-corrected chi connectivity index (χ1v) is 5.50. The van der Waals surface area contributed by atoms with Crippen molar-refractivity contribution >= 4 is 17.6 Å². The van der Waals surface area contributed by atoms with Crippen molar-refractivity contribution in [2.75, 3.05) is 12.8 Å². The predicted octanol–water partition coefficient (Wildman–Crippen LogP) is 2.22. The van der Waals surface area contributed by atoms with Gasteiger partial charge in [-0.1, -0.05) is 23.9 Å². The number of methoxy groups -OCH3 is 1. The van der Waals surface area contributed by atoms with Crippen molar-refractivity contribution in [3.8, 4) is 5.75 Å². The highest BCUT2D eigenvalue weighted by molar-refractivity contribution is 7.99. The normalized spacial score (nSPS) is 10.1. The van der Waals surface area contributed by atoms with Crippen LogP contribution >= 0.6 is 11.8 Å². The minimum atomic E-state index is 0.429. The van der Waals surface area contributed by atoms with Gasteiger partial charge < -0.3 is 10.5 Å². The van der Waals surface area contributed by atoms with Crippen LogP contribution in [0.2, 0.25) is 0 Å². The molecule has 0 atom stereocenters. The number of benzene rings is 1. The van der Waals surface area contributed by atoms with Gasteiger partial charge >= 0.3 is 0 Å². The number of hydrogen-bond acceptors (Lipinski definition) is 5. The minimum Gasteiger partial charge on any atom is -0.496 e. The number of para-hydroxylation sites is 1. The van der Waals surface area contributed by atoms with Crippen molar-refractivity contribution in [3.63, 3.8) is 0 Å². The summed E-state index contributed by atoms with van der Waals surface area (Å²) in [5, 5.41) is 0.687. The van der Waals surface area contributed by atoms with Gasteiger partial charge in [0, 0.05) is 12.4 Å². The molecule has 0 amide bonds. The molecule has 0 spiro atoms. The molecule has 82 valence electrons. The average Bonchev–Trinajstić information content (AvgIpc) is 2.33. The third kappa shape index (κ3) is 2.25. The smallest absolute Gasteiger partial charge is 0.156 e. The fourth-order valence-corrected chi connectivity index (χ4v) is 2.10. The van der Waals surface area contributed by atoms with Crippen LogP contribution in [0.3, 0.4) is 0 Å². The molecule has 4 nitrogen and oxygen atoms in total. The summed E-state index contributed by atoms with van der Waals surface area (Å²) in [6.07, 6.45) is 3.19. The van der Waals surface area contributed by atoms with Crippen LogP contribution in [0.4, 0.5) is 5.82 Å². The molecule has 2 rings (SSSR count). The van der Waals surface area contributed by atoms with Gasteiger partial charge in [0.05, 0.1) is 12.0 Å². The topological polar surface area (TPSA) is 61.0 Å². The van der Waals surface area contributed by atoms with Crippen molar-refractivity contribution in [2.45, 2.75) is 9.92 Å². The molecule has 0 saturated carbocycles. The van der Waals surface area contributed by atoms with Gasteiger partial charge in [-0.15, -0.1) is 0 Å². The fourth-order valence-electron chi connectivity index (χ4n) is 1.22. The summed E-state index contributed by atoms with van der Waals surface area (Å²) in [5.74, 6) is 1.23. The molecule has 0 aliphatic carbocycles. The zero-order valence-electron chi connectivity index (χ0n) is 8.75. The number of hydrogen-bond donors (Lipinski definition) is 1. The molecule has 0 bridgehead atoms. The average molecular weight is 233 g/mol. The Balaban J connectivity index is 2.30. The summed E-state index contributed by atoms with van der Waals surface area (Å²) < 4.78 is 5.25. The van der Waals surface area contributed by atoms with Gasteiger partial charge in [-0.3, -0.25) is 0 Å². The van der Waals surface area contributed by atoms with E-state index in [9.17, 15) is 0 Å². The Morgan fingerprint density at radius 2 is 1.94 bits per heavy atom. The van der Waals surface area contributed by atoms with Crippen LogP contribution in [0.25, 0.3) is 0 Å². The van der Waals surface area contributed by atoms with E-state index >= 15 is 0 Å². The molecule has 0 fully saturated rings. The first kappa shape index (κ1) is 10.8. The van der Waals surface area contributed by atoms with E-state index < -0.39 is 0 Å². The second-order valence-electron chi connectivity index (χ2n) is 3.00. The van der Waals surface area contributed by atoms with E-state index in [0.29, 0.717) is 10.8 Å². The lowest BCUT2D eigenvalue weighted by Crippen LogP contribution is -1.95. The summed E-state index contributed by atoms with van der Waals surface area (Å²) in [4.78, 5) is 9.12. The van der Waals surface area contributed by atoms with Gasteiger partial charge in [0.2, 0.25) is 0 Å². The molecule has 0 radical (unpaired) electrons. The lowest BCUT2D eigenvalue weighted by Gasteiger charge is -2.07. The number of nitrogens with two attached hydrogens (primary N) is 1. The summed E-state index contributed by atoms with van der Waals surface area (Å²) in [6, 6.07) is 7.72. The zero-order chi connectivity index (χ0) is 11.4. The second kappa shape index (κ2) is 4.85. The SMILES string of the molecule is COc1ccccc1Sc1nccnc1N. The van der Waals surface area contributed by atoms with Crippen molar-refractivity contribution in [1.82, 2.24) is 9.97 Å². The minimum absolute atomic E-state index is 0.429. The van der Waals surface area contributed by atoms with Gasteiger partial charge in [-0.05, 0) is 12.1 Å². The Labute approximate surface area is 97.9 Å². The van der Waals surface area contributed by atoms with Crippen LogP contribution in [0, 0.1) is 0 Å². The van der Waals surface area contributed by atoms with Crippen molar-refractivity contribution in [2.24, 2.45) is 0 Å². The van der Waals surface area contributed by atoms with Gasteiger partial charge in [-0.2, -0.15) is 0 Å². The Bertz CT molecular complexity index is 490. The molecular weight excluding hydrogens is 222 g/mol.